The molecule has 0 aromatic heterocycles. The van der Waals surface area contributed by atoms with Gasteiger partial charge in [0.05, 0.1) is 7.11 Å². The van der Waals surface area contributed by atoms with Gasteiger partial charge in [-0.25, -0.2) is 0 Å². The number of likely N-dealkylation sites (tertiary alicyclic amines) is 1. The molecule has 1 spiro atoms. The van der Waals surface area contributed by atoms with Gasteiger partial charge in [-0.1, -0.05) is 6.07 Å². The van der Waals surface area contributed by atoms with E-state index in [2.05, 4.69) is 18.0 Å². The second-order valence-electron chi connectivity index (χ2n) is 7.73. The van der Waals surface area contributed by atoms with E-state index in [1.54, 1.807) is 7.11 Å². The lowest BCUT2D eigenvalue weighted by molar-refractivity contribution is -0.138. The molecule has 1 saturated heterocycles. The van der Waals surface area contributed by atoms with Crippen LogP contribution in [0.15, 0.2) is 12.1 Å². The van der Waals surface area contributed by atoms with E-state index in [4.69, 9.17) is 27.0 Å². The van der Waals surface area contributed by atoms with E-state index in [-0.39, 0.29) is 44.7 Å². The molecule has 1 aromatic carbocycles. The fourth-order valence-electron chi connectivity index (χ4n) is 5.67. The second-order valence-corrected chi connectivity index (χ2v) is 8.63. The summed E-state index contributed by atoms with van der Waals surface area (Å²) < 4.78 is 43.4. The topological polar surface area (TPSA) is 271 Å². The Morgan fingerprint density at radius 3 is 2.31 bits per heavy atom. The Labute approximate surface area is 185 Å². The second kappa shape index (κ2) is 10.8. The molecule has 188 valence electrons. The number of carbonyl (C=O) groups is 1. The van der Waals surface area contributed by atoms with Crippen molar-refractivity contribution >= 4 is 16.2 Å². The average molecular weight is 488 g/mol. The summed E-state index contributed by atoms with van der Waals surface area (Å²) in [6, 6.07) is 4.73. The maximum Gasteiger partial charge on any atom is 0.394 e. The van der Waals surface area contributed by atoms with E-state index in [9.17, 15) is 4.79 Å². The Balaban J connectivity index is 0. The maximum absolute atomic E-state index is 12.6. The number of carbonyl (C=O) groups excluding carboxylic acids is 1. The third-order valence-electron chi connectivity index (χ3n) is 6.59. The predicted octanol–water partition coefficient (Wildman–Crippen LogP) is -2.84. The number of likely N-dealkylation sites (N-methyl/N-ethyl adjacent to an activating group) is 1. The number of ether oxygens (including phenoxy) is 2. The lowest BCUT2D eigenvalue weighted by Crippen LogP contribution is -2.65. The van der Waals surface area contributed by atoms with Gasteiger partial charge >= 0.3 is 10.4 Å². The molecule has 2 bridgehead atoms. The molecule has 2 fully saturated rings. The molecule has 0 unspecified atom stereocenters. The molecule has 1 aromatic rings. The zero-order chi connectivity index (χ0) is 19.6. The molecular weight excluding hydrogens is 454 g/mol. The van der Waals surface area contributed by atoms with Crippen LogP contribution < -0.4 is 9.47 Å². The highest BCUT2D eigenvalue weighted by Gasteiger charge is 2.65. The molecule has 13 nitrogen and oxygen atoms in total. The first-order valence-corrected chi connectivity index (χ1v) is 10.4. The molecule has 5 rings (SSSR count). The van der Waals surface area contributed by atoms with E-state index in [1.807, 2.05) is 6.07 Å². The highest BCUT2D eigenvalue weighted by molar-refractivity contribution is 7.79. The van der Waals surface area contributed by atoms with Crippen molar-refractivity contribution < 1.29 is 59.2 Å². The van der Waals surface area contributed by atoms with E-state index in [0.29, 0.717) is 18.4 Å². The van der Waals surface area contributed by atoms with Crippen LogP contribution in [0.3, 0.4) is 0 Å². The van der Waals surface area contributed by atoms with E-state index in [0.717, 1.165) is 37.3 Å². The molecule has 0 radical (unpaired) electrons. The molecule has 14 heteroatoms. The number of methoxy groups -OCH3 is 1. The third-order valence-corrected chi connectivity index (χ3v) is 6.59. The Hall–Kier alpha value is -1.88. The molecule has 2 heterocycles. The third kappa shape index (κ3) is 4.73. The van der Waals surface area contributed by atoms with Crippen LogP contribution in [0.5, 0.6) is 11.5 Å². The minimum atomic E-state index is -4.67. The lowest BCUT2D eigenvalue weighted by atomic mass is 9.52. The first-order valence-electron chi connectivity index (χ1n) is 8.96. The number of nitrogens with zero attached hydrogens (tertiary/aromatic N) is 1. The monoisotopic (exact) mass is 487 g/mol. The molecule has 4 aliphatic rings. The van der Waals surface area contributed by atoms with Crippen molar-refractivity contribution in [3.63, 3.8) is 0 Å². The van der Waals surface area contributed by atoms with Gasteiger partial charge < -0.3 is 41.8 Å². The minimum absolute atomic E-state index is 0. The van der Waals surface area contributed by atoms with Crippen LogP contribution in [-0.4, -0.2) is 88.4 Å². The molecule has 2 aliphatic carbocycles. The zero-order valence-corrected chi connectivity index (χ0v) is 18.5. The summed E-state index contributed by atoms with van der Waals surface area (Å²) in [6.45, 7) is 1.05. The van der Waals surface area contributed by atoms with Crippen molar-refractivity contribution in [2.24, 2.45) is 5.92 Å². The Bertz CT molecular complexity index is 899. The molecule has 0 amide bonds. The molecule has 2 aliphatic heterocycles. The summed E-state index contributed by atoms with van der Waals surface area (Å²) in [7, 11) is -0.755. The van der Waals surface area contributed by atoms with Gasteiger partial charge in [0.15, 0.2) is 23.4 Å². The van der Waals surface area contributed by atoms with Gasteiger partial charge in [-0.05, 0) is 50.4 Å². The average Bonchev–Trinajstić information content (AvgIpc) is 2.93. The Morgan fingerprint density at radius 2 is 1.75 bits per heavy atom. The van der Waals surface area contributed by atoms with Crippen LogP contribution in [0.4, 0.5) is 0 Å². The summed E-state index contributed by atoms with van der Waals surface area (Å²) in [5, 5.41) is 0. The quantitative estimate of drug-likeness (QED) is 0.388. The largest absolute Gasteiger partial charge is 0.493 e. The van der Waals surface area contributed by atoms with Gasteiger partial charge in [0.25, 0.3) is 0 Å². The summed E-state index contributed by atoms with van der Waals surface area (Å²) in [5.74, 6) is 2.46. The molecule has 32 heavy (non-hydrogen) atoms. The smallest absolute Gasteiger partial charge is 0.394 e. The van der Waals surface area contributed by atoms with E-state index < -0.39 is 10.4 Å². The van der Waals surface area contributed by atoms with Crippen molar-refractivity contribution in [1.29, 1.82) is 0 Å². The van der Waals surface area contributed by atoms with Gasteiger partial charge in [-0.2, -0.15) is 8.42 Å². The number of ketones is 1. The van der Waals surface area contributed by atoms with Gasteiger partial charge in [0, 0.05) is 23.4 Å². The van der Waals surface area contributed by atoms with Gasteiger partial charge in [0.1, 0.15) is 0 Å². The Kier molecular flexibility index (Phi) is 10.9. The highest BCUT2D eigenvalue weighted by atomic mass is 32.3. The first kappa shape index (κ1) is 32.3. The van der Waals surface area contributed by atoms with Crippen LogP contribution >= 0.6 is 0 Å². The van der Waals surface area contributed by atoms with Crippen molar-refractivity contribution in [1.82, 2.24) is 4.90 Å². The SMILES string of the molecule is COc1ccc2c3c1O[C@H]1C(=O)CC[C@H]4[C@@H](C2)N(C)CC[C@]314.O.O.O.O.O.O=S(=O)(O)O. The number of benzene rings is 1. The van der Waals surface area contributed by atoms with Crippen molar-refractivity contribution in [2.75, 3.05) is 20.7 Å². The fourth-order valence-corrected chi connectivity index (χ4v) is 5.67. The number of piperidine rings is 1. The normalized spacial score (nSPS) is 28.2. The van der Waals surface area contributed by atoms with Crippen molar-refractivity contribution in [3.8, 4) is 11.5 Å². The molecule has 1 saturated carbocycles. The molecule has 12 N–H and O–H groups in total. The Morgan fingerprint density at radius 1 is 1.16 bits per heavy atom. The number of Topliss-reactive ketones (excluding diaryl/α,β-unsaturated/α-hetero) is 1. The molecule has 4 atom stereocenters. The highest BCUT2D eigenvalue weighted by Crippen LogP contribution is 2.63. The summed E-state index contributed by atoms with van der Waals surface area (Å²) >= 11 is 0. The molecular formula is C18H33NO12S. The van der Waals surface area contributed by atoms with Crippen molar-refractivity contribution in [3.05, 3.63) is 23.3 Å². The van der Waals surface area contributed by atoms with Gasteiger partial charge in [0.2, 0.25) is 0 Å². The number of hydrogen-bond acceptors (Lipinski definition) is 6. The summed E-state index contributed by atoms with van der Waals surface area (Å²) in [4.78, 5) is 15.1. The van der Waals surface area contributed by atoms with Gasteiger partial charge in [-0.3, -0.25) is 13.9 Å². The maximum atomic E-state index is 12.6. The first-order chi connectivity index (χ1) is 12.7. The van der Waals surface area contributed by atoms with Crippen molar-refractivity contribution in [2.45, 2.75) is 43.2 Å². The standard InChI is InChI=1S/C18H21NO3.H2O4S.5H2O/c1-19-8-7-18-11-4-5-13(20)17(18)22-16-14(21-2)6-3-10(15(16)18)9-12(11)19;1-5(2,3)4;;;;;/h3,6,11-12,17H,4-5,7-9H2,1-2H3;(H2,1,2,3,4);5*1H2/t11-,12+,17-,18-;;;;;;/m0....../s1. The zero-order valence-electron chi connectivity index (χ0n) is 17.7. The number of hydrogen-bond donors (Lipinski definition) is 2. The van der Waals surface area contributed by atoms with Gasteiger partial charge in [-0.15, -0.1) is 0 Å². The van der Waals surface area contributed by atoms with E-state index in [1.165, 1.54) is 11.1 Å². The van der Waals surface area contributed by atoms with Crippen LogP contribution in [0, 0.1) is 5.92 Å². The van der Waals surface area contributed by atoms with E-state index >= 15 is 0 Å². The summed E-state index contributed by atoms with van der Waals surface area (Å²) in [5.41, 5.74) is 2.57. The lowest BCUT2D eigenvalue weighted by Gasteiger charge is -2.57. The van der Waals surface area contributed by atoms with Crippen LogP contribution in [-0.2, 0) is 27.0 Å². The van der Waals surface area contributed by atoms with Crippen LogP contribution in [0.2, 0.25) is 0 Å². The summed E-state index contributed by atoms with van der Waals surface area (Å²) in [6.07, 6.45) is 3.47. The van der Waals surface area contributed by atoms with Crippen LogP contribution in [0.25, 0.3) is 0 Å². The van der Waals surface area contributed by atoms with Crippen LogP contribution in [0.1, 0.15) is 30.4 Å². The minimum Gasteiger partial charge on any atom is -0.493 e. The number of rotatable bonds is 1. The fraction of sp³-hybridized carbons (Fsp3) is 0.611. The predicted molar refractivity (Wildman–Crippen MR) is 114 cm³/mol.